The molecule has 6 heteroatoms. The molecule has 10 aromatic rings. The van der Waals surface area contributed by atoms with Crippen molar-refractivity contribution in [3.8, 4) is 11.1 Å². The zero-order chi connectivity index (χ0) is 33.5. The average molecular weight is 692 g/mol. The average Bonchev–Trinajstić information content (AvgIpc) is 3.89. The fourth-order valence-corrected chi connectivity index (χ4v) is 10.3. The molecule has 1 aliphatic heterocycles. The standard InChI is InChI=1S/C45H29N3OS2/c1-2-11-26(12-3-1)43-46-44(34-18-10-21-37-40(34)33-14-4-6-20-36(33)49-37)48-45(47-43)35-19-9-17-32-30-24-23-27(25-39(30)51-42(32)35)28-15-8-16-31-29-13-5-7-22-38(29)50-41(28)31/h1-25,43-44,46H,(H,47,48). The lowest BCUT2D eigenvalue weighted by Gasteiger charge is -2.32. The highest BCUT2D eigenvalue weighted by molar-refractivity contribution is 7.26. The molecule has 2 unspecified atom stereocenters. The summed E-state index contributed by atoms with van der Waals surface area (Å²) in [5.41, 5.74) is 7.66. The summed E-state index contributed by atoms with van der Waals surface area (Å²) in [6.45, 7) is 0. The molecule has 7 aromatic carbocycles. The van der Waals surface area contributed by atoms with Gasteiger partial charge in [-0.25, -0.2) is 4.99 Å². The van der Waals surface area contributed by atoms with Gasteiger partial charge in [0.15, 0.2) is 0 Å². The Morgan fingerprint density at radius 2 is 1.20 bits per heavy atom. The minimum Gasteiger partial charge on any atom is -0.456 e. The van der Waals surface area contributed by atoms with E-state index >= 15 is 0 Å². The molecule has 4 heterocycles. The van der Waals surface area contributed by atoms with Crippen molar-refractivity contribution in [1.29, 1.82) is 0 Å². The van der Waals surface area contributed by atoms with Crippen molar-refractivity contribution >= 4 is 90.8 Å². The lowest BCUT2D eigenvalue weighted by Crippen LogP contribution is -2.45. The van der Waals surface area contributed by atoms with Gasteiger partial charge in [0.2, 0.25) is 0 Å². The summed E-state index contributed by atoms with van der Waals surface area (Å²) in [6, 6.07) is 54.1. The third-order valence-electron chi connectivity index (χ3n) is 10.2. The molecular formula is C45H29N3OS2. The van der Waals surface area contributed by atoms with E-state index in [1.807, 2.05) is 34.8 Å². The first-order valence-corrected chi connectivity index (χ1v) is 18.8. The van der Waals surface area contributed by atoms with Crippen LogP contribution in [-0.2, 0) is 0 Å². The van der Waals surface area contributed by atoms with Crippen molar-refractivity contribution in [2.75, 3.05) is 0 Å². The first kappa shape index (κ1) is 29.0. The number of hydrogen-bond acceptors (Lipinski definition) is 6. The van der Waals surface area contributed by atoms with E-state index < -0.39 is 0 Å². The molecule has 0 saturated heterocycles. The molecule has 0 bridgehead atoms. The minimum atomic E-state index is -0.237. The maximum atomic E-state index is 6.30. The maximum absolute atomic E-state index is 6.30. The van der Waals surface area contributed by atoms with E-state index in [0.717, 1.165) is 44.5 Å². The second-order valence-electron chi connectivity index (χ2n) is 13.1. The fourth-order valence-electron chi connectivity index (χ4n) is 7.83. The summed E-state index contributed by atoms with van der Waals surface area (Å²) in [5.74, 6) is 0.879. The Morgan fingerprint density at radius 1 is 0.529 bits per heavy atom. The Kier molecular flexibility index (Phi) is 6.46. The van der Waals surface area contributed by atoms with Gasteiger partial charge >= 0.3 is 0 Å². The van der Waals surface area contributed by atoms with Gasteiger partial charge in [0, 0.05) is 62.2 Å². The molecule has 0 saturated carbocycles. The molecule has 242 valence electrons. The van der Waals surface area contributed by atoms with E-state index in [4.69, 9.17) is 9.41 Å². The Bertz CT molecular complexity index is 3010. The molecule has 0 fully saturated rings. The van der Waals surface area contributed by atoms with Crippen LogP contribution in [0.25, 0.3) is 73.4 Å². The van der Waals surface area contributed by atoms with Crippen LogP contribution in [0.2, 0.25) is 0 Å². The molecule has 11 rings (SSSR count). The number of rotatable bonds is 4. The molecule has 0 aliphatic carbocycles. The minimum absolute atomic E-state index is 0.203. The SMILES string of the molecule is c1ccc(C2N=C(c3cccc4c3sc3cc(-c5cccc6c5sc5ccccc56)ccc34)NC(c3cccc4oc5ccccc5c34)N2)cc1. The second-order valence-corrected chi connectivity index (χ2v) is 15.2. The van der Waals surface area contributed by atoms with E-state index in [2.05, 4.69) is 150 Å². The summed E-state index contributed by atoms with van der Waals surface area (Å²) in [4.78, 5) is 5.35. The van der Waals surface area contributed by atoms with Gasteiger partial charge in [0.25, 0.3) is 0 Å². The van der Waals surface area contributed by atoms with Gasteiger partial charge in [-0.15, -0.1) is 22.7 Å². The van der Waals surface area contributed by atoms with Gasteiger partial charge in [0.1, 0.15) is 29.3 Å². The van der Waals surface area contributed by atoms with Gasteiger partial charge < -0.3 is 9.73 Å². The third kappa shape index (κ3) is 4.58. The fraction of sp³-hybridized carbons (Fsp3) is 0.0444. The summed E-state index contributed by atoms with van der Waals surface area (Å²) in [7, 11) is 0. The van der Waals surface area contributed by atoms with Gasteiger partial charge in [-0.2, -0.15) is 0 Å². The Labute approximate surface area is 301 Å². The van der Waals surface area contributed by atoms with Crippen molar-refractivity contribution < 1.29 is 4.42 Å². The van der Waals surface area contributed by atoms with Crippen molar-refractivity contribution in [1.82, 2.24) is 10.6 Å². The lowest BCUT2D eigenvalue weighted by molar-refractivity contribution is 0.411. The summed E-state index contributed by atoms with van der Waals surface area (Å²) in [6.07, 6.45) is -0.440. The highest BCUT2D eigenvalue weighted by Gasteiger charge is 2.29. The zero-order valence-corrected chi connectivity index (χ0v) is 28.9. The number of benzene rings is 7. The van der Waals surface area contributed by atoms with Crippen LogP contribution in [0.3, 0.4) is 0 Å². The van der Waals surface area contributed by atoms with Crippen molar-refractivity contribution in [2.45, 2.75) is 12.3 Å². The molecule has 2 N–H and O–H groups in total. The van der Waals surface area contributed by atoms with Crippen molar-refractivity contribution in [2.24, 2.45) is 4.99 Å². The highest BCUT2D eigenvalue weighted by atomic mass is 32.1. The lowest BCUT2D eigenvalue weighted by atomic mass is 10.0. The van der Waals surface area contributed by atoms with Crippen LogP contribution in [0, 0.1) is 0 Å². The van der Waals surface area contributed by atoms with Crippen LogP contribution in [0.1, 0.15) is 29.0 Å². The molecular weight excluding hydrogens is 663 g/mol. The van der Waals surface area contributed by atoms with Crippen LogP contribution in [0.4, 0.5) is 0 Å². The summed E-state index contributed by atoms with van der Waals surface area (Å²) >= 11 is 3.73. The maximum Gasteiger partial charge on any atom is 0.135 e. The number of amidine groups is 1. The normalized spacial score (nSPS) is 16.4. The third-order valence-corrected chi connectivity index (χ3v) is 12.6. The number of furan rings is 1. The zero-order valence-electron chi connectivity index (χ0n) is 27.3. The van der Waals surface area contributed by atoms with Gasteiger partial charge in [0.05, 0.1) is 0 Å². The number of nitrogens with zero attached hydrogens (tertiary/aromatic N) is 1. The molecule has 51 heavy (non-hydrogen) atoms. The second kappa shape index (κ2) is 11.4. The summed E-state index contributed by atoms with van der Waals surface area (Å²) < 4.78 is 11.5. The van der Waals surface area contributed by atoms with Crippen LogP contribution in [-0.4, -0.2) is 5.84 Å². The number of thiophene rings is 2. The van der Waals surface area contributed by atoms with Crippen LogP contribution >= 0.6 is 22.7 Å². The molecule has 1 aliphatic rings. The molecule has 0 spiro atoms. The largest absolute Gasteiger partial charge is 0.456 e. The van der Waals surface area contributed by atoms with Gasteiger partial charge in [-0.1, -0.05) is 121 Å². The van der Waals surface area contributed by atoms with Crippen LogP contribution < -0.4 is 10.6 Å². The number of fused-ring (bicyclic) bond motifs is 9. The van der Waals surface area contributed by atoms with E-state index in [9.17, 15) is 0 Å². The quantitative estimate of drug-likeness (QED) is 0.193. The topological polar surface area (TPSA) is 49.6 Å². The van der Waals surface area contributed by atoms with Crippen LogP contribution in [0.5, 0.6) is 0 Å². The highest BCUT2D eigenvalue weighted by Crippen LogP contribution is 2.43. The molecule has 0 radical (unpaired) electrons. The van der Waals surface area contributed by atoms with Gasteiger partial charge in [-0.05, 0) is 47.0 Å². The monoisotopic (exact) mass is 691 g/mol. The Hall–Kier alpha value is -5.79. The molecule has 3 aromatic heterocycles. The summed E-state index contributed by atoms with van der Waals surface area (Å²) in [5, 5.41) is 15.1. The van der Waals surface area contributed by atoms with E-state index in [1.54, 1.807) is 0 Å². The number of para-hydroxylation sites is 1. The van der Waals surface area contributed by atoms with E-state index in [0.29, 0.717) is 0 Å². The van der Waals surface area contributed by atoms with Crippen LogP contribution in [0.15, 0.2) is 161 Å². The predicted molar refractivity (Wildman–Crippen MR) is 216 cm³/mol. The number of hydrogen-bond donors (Lipinski definition) is 2. The predicted octanol–water partition coefficient (Wildman–Crippen LogP) is 12.3. The Morgan fingerprint density at radius 3 is 2.08 bits per heavy atom. The molecule has 4 nitrogen and oxygen atoms in total. The number of aliphatic imine (C=N–C) groups is 1. The molecule has 2 atom stereocenters. The first-order valence-electron chi connectivity index (χ1n) is 17.2. The van der Waals surface area contributed by atoms with Gasteiger partial charge in [-0.3, -0.25) is 5.32 Å². The van der Waals surface area contributed by atoms with Crippen molar-refractivity contribution in [3.63, 3.8) is 0 Å². The van der Waals surface area contributed by atoms with E-state index in [1.165, 1.54) is 51.5 Å². The number of nitrogens with one attached hydrogen (secondary N) is 2. The van der Waals surface area contributed by atoms with E-state index in [-0.39, 0.29) is 12.3 Å². The van der Waals surface area contributed by atoms with Crippen molar-refractivity contribution in [3.05, 3.63) is 168 Å². The Balaban J connectivity index is 1.06. The first-order chi connectivity index (χ1) is 25.3. The molecule has 0 amide bonds. The smallest absolute Gasteiger partial charge is 0.135 e.